The van der Waals surface area contributed by atoms with E-state index in [4.69, 9.17) is 0 Å². The molecule has 0 saturated carbocycles. The van der Waals surface area contributed by atoms with E-state index < -0.39 is 11.2 Å². The van der Waals surface area contributed by atoms with Gasteiger partial charge in [0.2, 0.25) is 0 Å². The van der Waals surface area contributed by atoms with Crippen LogP contribution >= 0.6 is 0 Å². The molecule has 0 aliphatic heterocycles. The third kappa shape index (κ3) is 2.18. The van der Waals surface area contributed by atoms with E-state index in [2.05, 4.69) is 10.2 Å². The van der Waals surface area contributed by atoms with Crippen LogP contribution in [0.1, 0.15) is 5.56 Å². The maximum Gasteiger partial charge on any atom is 0.345 e. The van der Waals surface area contributed by atoms with E-state index in [1.165, 1.54) is 0 Å². The van der Waals surface area contributed by atoms with Crippen molar-refractivity contribution in [3.63, 3.8) is 0 Å². The number of aromatic nitrogens is 3. The summed E-state index contributed by atoms with van der Waals surface area (Å²) in [6.07, 6.45) is 1.10. The number of rotatable bonds is 2. The molecule has 19 heavy (non-hydrogen) atoms. The number of aromatic amines is 1. The predicted octanol–water partition coefficient (Wildman–Crippen LogP) is 1.13. The van der Waals surface area contributed by atoms with Crippen molar-refractivity contribution in [2.24, 2.45) is 0 Å². The van der Waals surface area contributed by atoms with Crippen LogP contribution in [0.4, 0.5) is 0 Å². The van der Waals surface area contributed by atoms with Gasteiger partial charge in [0.25, 0.3) is 5.56 Å². The van der Waals surface area contributed by atoms with Crippen LogP contribution in [-0.4, -0.2) is 14.8 Å². The lowest BCUT2D eigenvalue weighted by Gasteiger charge is -2.05. The fraction of sp³-hybridized carbons (Fsp3) is 0.0714. The molecule has 3 rings (SSSR count). The number of nitrogens with zero attached hydrogens (tertiary/aromatic N) is 2. The van der Waals surface area contributed by atoms with Gasteiger partial charge in [-0.05, 0) is 22.4 Å². The van der Waals surface area contributed by atoms with Crippen molar-refractivity contribution in [1.82, 2.24) is 14.8 Å². The molecule has 0 aliphatic carbocycles. The summed E-state index contributed by atoms with van der Waals surface area (Å²) < 4.78 is 1.12. The molecule has 5 heteroatoms. The topological polar surface area (TPSA) is 67.8 Å². The van der Waals surface area contributed by atoms with Crippen molar-refractivity contribution in [2.45, 2.75) is 6.54 Å². The Bertz CT molecular complexity index is 820. The molecule has 0 unspecified atom stereocenters. The van der Waals surface area contributed by atoms with E-state index in [9.17, 15) is 9.59 Å². The Hall–Kier alpha value is -2.69. The van der Waals surface area contributed by atoms with E-state index in [1.54, 1.807) is 0 Å². The number of benzene rings is 2. The van der Waals surface area contributed by atoms with Gasteiger partial charge in [0.05, 0.1) is 6.54 Å². The van der Waals surface area contributed by atoms with Gasteiger partial charge in [0.1, 0.15) is 6.20 Å². The monoisotopic (exact) mass is 253 g/mol. The van der Waals surface area contributed by atoms with Gasteiger partial charge in [0, 0.05) is 0 Å². The average Bonchev–Trinajstić information content (AvgIpc) is 2.43. The summed E-state index contributed by atoms with van der Waals surface area (Å²) in [6.45, 7) is 0.238. The van der Waals surface area contributed by atoms with Crippen molar-refractivity contribution < 1.29 is 0 Å². The zero-order chi connectivity index (χ0) is 13.2. The van der Waals surface area contributed by atoms with Gasteiger partial charge in [-0.15, -0.1) is 0 Å². The highest BCUT2D eigenvalue weighted by Crippen LogP contribution is 2.15. The van der Waals surface area contributed by atoms with Crippen LogP contribution in [0.5, 0.6) is 0 Å². The number of H-pyrrole nitrogens is 1. The Morgan fingerprint density at radius 2 is 1.84 bits per heavy atom. The quantitative estimate of drug-likeness (QED) is 0.744. The molecule has 1 N–H and O–H groups in total. The Labute approximate surface area is 108 Å². The predicted molar refractivity (Wildman–Crippen MR) is 72.2 cm³/mol. The molecule has 2 aromatic carbocycles. The van der Waals surface area contributed by atoms with Crippen LogP contribution in [0.3, 0.4) is 0 Å². The minimum Gasteiger partial charge on any atom is -0.267 e. The molecule has 1 aromatic heterocycles. The first kappa shape index (κ1) is 11.4. The summed E-state index contributed by atoms with van der Waals surface area (Å²) in [5.41, 5.74) is -0.00457. The molecule has 0 atom stereocenters. The smallest absolute Gasteiger partial charge is 0.267 e. The fourth-order valence-electron chi connectivity index (χ4n) is 2.04. The number of fused-ring (bicyclic) bond motifs is 1. The molecule has 0 fully saturated rings. The van der Waals surface area contributed by atoms with Crippen molar-refractivity contribution in [3.05, 3.63) is 75.1 Å². The molecule has 1 heterocycles. The third-order valence-corrected chi connectivity index (χ3v) is 3.00. The summed E-state index contributed by atoms with van der Waals surface area (Å²) in [6, 6.07) is 13.8. The van der Waals surface area contributed by atoms with E-state index in [-0.39, 0.29) is 6.54 Å². The first-order valence-electron chi connectivity index (χ1n) is 5.86. The molecule has 94 valence electrons. The lowest BCUT2D eigenvalue weighted by Crippen LogP contribution is -2.35. The number of hydrogen-bond acceptors (Lipinski definition) is 3. The summed E-state index contributed by atoms with van der Waals surface area (Å²) in [5, 5.41) is 7.93. The second-order valence-corrected chi connectivity index (χ2v) is 4.28. The second-order valence-electron chi connectivity index (χ2n) is 4.28. The number of nitrogens with one attached hydrogen (secondary N) is 1. The van der Waals surface area contributed by atoms with Crippen LogP contribution in [0, 0.1) is 0 Å². The first-order chi connectivity index (χ1) is 9.24. The minimum absolute atomic E-state index is 0.238. The molecule has 5 nitrogen and oxygen atoms in total. The summed E-state index contributed by atoms with van der Waals surface area (Å²) >= 11 is 0. The molecule has 0 saturated heterocycles. The third-order valence-electron chi connectivity index (χ3n) is 3.00. The molecular formula is C14H11N3O2. The molecular weight excluding hydrogens is 242 g/mol. The first-order valence-corrected chi connectivity index (χ1v) is 5.86. The fourth-order valence-corrected chi connectivity index (χ4v) is 2.04. The van der Waals surface area contributed by atoms with E-state index in [0.29, 0.717) is 0 Å². The molecule has 0 amide bonds. The summed E-state index contributed by atoms with van der Waals surface area (Å²) in [7, 11) is 0. The van der Waals surface area contributed by atoms with Crippen molar-refractivity contribution in [2.75, 3.05) is 0 Å². The standard InChI is InChI=1S/C14H11N3O2/c18-13-8-15-16-14(19)17(13)9-10-5-6-11-3-1-2-4-12(11)7-10/h1-8H,9H2,(H,16,19). The van der Waals surface area contributed by atoms with Crippen molar-refractivity contribution in [1.29, 1.82) is 0 Å². The molecule has 0 aliphatic rings. The largest absolute Gasteiger partial charge is 0.345 e. The van der Waals surface area contributed by atoms with E-state index >= 15 is 0 Å². The minimum atomic E-state index is -0.499. The van der Waals surface area contributed by atoms with Gasteiger partial charge >= 0.3 is 5.69 Å². The Morgan fingerprint density at radius 1 is 1.05 bits per heavy atom. The molecule has 0 bridgehead atoms. The lowest BCUT2D eigenvalue weighted by molar-refractivity contribution is 0.667. The van der Waals surface area contributed by atoms with Gasteiger partial charge in [-0.3, -0.25) is 9.36 Å². The van der Waals surface area contributed by atoms with Gasteiger partial charge in [-0.1, -0.05) is 36.4 Å². The maximum atomic E-state index is 11.6. The Balaban J connectivity index is 2.06. The van der Waals surface area contributed by atoms with Crippen LogP contribution in [0.25, 0.3) is 10.8 Å². The van der Waals surface area contributed by atoms with Gasteiger partial charge < -0.3 is 0 Å². The van der Waals surface area contributed by atoms with Crippen LogP contribution in [0.15, 0.2) is 58.3 Å². The van der Waals surface area contributed by atoms with Gasteiger partial charge in [0.15, 0.2) is 0 Å². The van der Waals surface area contributed by atoms with Crippen LogP contribution < -0.4 is 11.2 Å². The highest BCUT2D eigenvalue weighted by atomic mass is 16.2. The van der Waals surface area contributed by atoms with Crippen LogP contribution in [-0.2, 0) is 6.54 Å². The SMILES string of the molecule is O=c1cn[nH]c(=O)n1Cc1ccc2ccccc2c1. The molecule has 3 aromatic rings. The molecule has 0 radical (unpaired) electrons. The highest BCUT2D eigenvalue weighted by Gasteiger charge is 2.03. The van der Waals surface area contributed by atoms with Crippen molar-refractivity contribution >= 4 is 10.8 Å². The summed E-state index contributed by atoms with van der Waals surface area (Å²) in [5.74, 6) is 0. The van der Waals surface area contributed by atoms with Crippen molar-refractivity contribution in [3.8, 4) is 0 Å². The lowest BCUT2D eigenvalue weighted by atomic mass is 10.1. The molecule has 0 spiro atoms. The summed E-state index contributed by atoms with van der Waals surface area (Å²) in [4.78, 5) is 23.1. The average molecular weight is 253 g/mol. The highest BCUT2D eigenvalue weighted by molar-refractivity contribution is 5.82. The second kappa shape index (κ2) is 4.53. The zero-order valence-electron chi connectivity index (χ0n) is 10.0. The Morgan fingerprint density at radius 3 is 2.63 bits per heavy atom. The normalized spacial score (nSPS) is 10.7. The van der Waals surface area contributed by atoms with E-state index in [0.717, 1.165) is 27.1 Å². The van der Waals surface area contributed by atoms with Gasteiger partial charge in [-0.25, -0.2) is 9.89 Å². The maximum absolute atomic E-state index is 11.6. The zero-order valence-corrected chi connectivity index (χ0v) is 10.0. The Kier molecular flexibility index (Phi) is 2.72. The van der Waals surface area contributed by atoms with E-state index in [1.807, 2.05) is 42.5 Å². The van der Waals surface area contributed by atoms with Gasteiger partial charge in [-0.2, -0.15) is 5.10 Å². The van der Waals surface area contributed by atoms with Crippen LogP contribution in [0.2, 0.25) is 0 Å². The number of hydrogen-bond donors (Lipinski definition) is 1.